The molecule has 512 valence electrons. The number of aliphatic imine (C=N–C) groups is 1. The number of nitrogens with two attached hydrogens (primary N) is 1. The Kier molecular flexibility index (Phi) is 46.9. The van der Waals surface area contributed by atoms with E-state index in [-0.39, 0.29) is 42.8 Å². The largest absolute Gasteiger partial charge is 0.480 e. The minimum Gasteiger partial charge on any atom is -0.480 e. The molecule has 2 amide bonds. The summed E-state index contributed by atoms with van der Waals surface area (Å²) in [5, 5.41) is 42.9. The molecule has 9 N–H and O–H groups in total. The highest BCUT2D eigenvalue weighted by Crippen LogP contribution is 2.33. The van der Waals surface area contributed by atoms with Gasteiger partial charge < -0.3 is 60.1 Å². The number of halogens is 1. The molecule has 2 aliphatic rings. The number of β-amino-alcohol motifs (C(OH)–C–C–N with tert-alkyl or cyclic N) is 1. The highest BCUT2D eigenvalue weighted by molar-refractivity contribution is 14.1. The summed E-state index contributed by atoms with van der Waals surface area (Å²) in [6.45, 7) is 21.3. The van der Waals surface area contributed by atoms with Crippen molar-refractivity contribution >= 4 is 58.0 Å². The molecule has 0 aliphatic carbocycles. The standard InChI is InChI=1S/C62H118IN11O14/c1-7-9-12-25-65-57(76)19-18-53-47-74(69-70(53)6)34-36-84-38-40-86-42-44-88-46-45-87-43-41-85-39-37-83-35-22-56(64)68-54(61(82)67-27-14-11-17-55(75)52(15-8-2)21-24-62(4,5)23-20-51(3)63)16-10-13-26-66-58(77)48-71-28-30-72(49-59(78)79)32-33-73(31-29-71)50-60(80)81/h47,51-52,54,58,66,69,77H,7-46,48-50H2,1-6H3,(H2,64,68)(H,65,76)(H,67,82)(H,78,79)(H,80,81)/t51-,52?,54-,58?/m0/s1. The number of nitrogens with zero attached hydrogens (tertiary/aromatic N) is 6. The van der Waals surface area contributed by atoms with Crippen molar-refractivity contribution < 1.29 is 67.7 Å². The number of alkyl halides is 1. The number of amidine groups is 1. The van der Waals surface area contributed by atoms with Crippen LogP contribution in [0.4, 0.5) is 0 Å². The van der Waals surface area contributed by atoms with Crippen molar-refractivity contribution in [3.05, 3.63) is 11.9 Å². The number of carboxylic acid groups (broad SMARTS) is 2. The van der Waals surface area contributed by atoms with Gasteiger partial charge in [0.05, 0.1) is 105 Å². The van der Waals surface area contributed by atoms with Gasteiger partial charge in [-0.3, -0.25) is 59.0 Å². The van der Waals surface area contributed by atoms with Crippen LogP contribution in [0.2, 0.25) is 0 Å². The van der Waals surface area contributed by atoms with Gasteiger partial charge in [-0.05, 0) is 89.0 Å². The lowest BCUT2D eigenvalue weighted by Crippen LogP contribution is -2.45. The number of ether oxygens (including phenoxy) is 6. The number of aliphatic hydroxyl groups is 1. The molecule has 26 heteroatoms. The molecule has 0 aromatic heterocycles. The number of carbonyl (C=O) groups is 5. The highest BCUT2D eigenvalue weighted by Gasteiger charge is 2.26. The lowest BCUT2D eigenvalue weighted by atomic mass is 9.78. The third-order valence-electron chi connectivity index (χ3n) is 15.4. The number of carboxylic acids is 2. The van der Waals surface area contributed by atoms with Crippen LogP contribution in [0.15, 0.2) is 16.9 Å². The first-order valence-electron chi connectivity index (χ1n) is 32.8. The minimum atomic E-state index is -0.951. The van der Waals surface area contributed by atoms with Crippen molar-refractivity contribution in [2.45, 2.75) is 166 Å². The van der Waals surface area contributed by atoms with E-state index >= 15 is 0 Å². The lowest BCUT2D eigenvalue weighted by Gasteiger charge is -2.27. The number of carbonyl (C=O) groups excluding carboxylic acids is 3. The van der Waals surface area contributed by atoms with Crippen molar-refractivity contribution in [1.29, 1.82) is 0 Å². The Morgan fingerprint density at radius 3 is 1.74 bits per heavy atom. The summed E-state index contributed by atoms with van der Waals surface area (Å²) in [6.07, 6.45) is 15.5. The van der Waals surface area contributed by atoms with E-state index in [1.54, 1.807) is 9.80 Å². The number of hydrogen-bond donors (Lipinski definition) is 8. The number of allylic oxidation sites excluding steroid dienone is 1. The van der Waals surface area contributed by atoms with Crippen LogP contribution >= 0.6 is 22.6 Å². The summed E-state index contributed by atoms with van der Waals surface area (Å²) in [5.74, 6) is -1.37. The van der Waals surface area contributed by atoms with Gasteiger partial charge in [0.1, 0.15) is 18.1 Å². The zero-order valence-electron chi connectivity index (χ0n) is 54.8. The normalized spacial score (nSPS) is 16.4. The number of ketones is 1. The summed E-state index contributed by atoms with van der Waals surface area (Å²) in [6, 6.07) is -0.733. The molecule has 2 unspecified atom stereocenters. The quantitative estimate of drug-likeness (QED) is 0.0103. The second kappa shape index (κ2) is 51.2. The number of nitrogens with one attached hydrogen (secondary N) is 4. The summed E-state index contributed by atoms with van der Waals surface area (Å²) in [4.78, 5) is 72.4. The minimum absolute atomic E-state index is 0.0693. The van der Waals surface area contributed by atoms with Gasteiger partial charge in [0.15, 0.2) is 0 Å². The smallest absolute Gasteiger partial charge is 0.317 e. The maximum Gasteiger partial charge on any atom is 0.317 e. The number of unbranched alkanes of at least 4 members (excludes halogenated alkanes) is 4. The molecule has 4 atom stereocenters. The van der Waals surface area contributed by atoms with E-state index in [1.165, 1.54) is 6.42 Å². The first-order valence-corrected chi connectivity index (χ1v) is 34.0. The Bertz CT molecular complexity index is 1900. The van der Waals surface area contributed by atoms with Crippen LogP contribution in [-0.2, 0) is 52.4 Å². The number of rotatable bonds is 56. The number of aliphatic hydroxyl groups excluding tert-OH is 1. The molecule has 0 saturated carbocycles. The molecular formula is C62H118IN11O14. The average molecular weight is 1370 g/mol. The molecule has 2 rings (SSSR count). The van der Waals surface area contributed by atoms with Crippen molar-refractivity contribution in [2.24, 2.45) is 22.1 Å². The van der Waals surface area contributed by atoms with Crippen molar-refractivity contribution in [3.8, 4) is 0 Å². The Morgan fingerprint density at radius 1 is 0.659 bits per heavy atom. The van der Waals surface area contributed by atoms with E-state index < -0.39 is 24.2 Å². The SMILES string of the molecule is CCCCCNC(=O)CCC1=CN(CCOCCOCCOCCOCCOCCOCCC(N)=N[C@@H](CCCCNC(O)CN2CCN(CC(=O)O)CCN(CC(=O)O)CC2)C(=O)NCCCCC(=O)C(CCC)CCC(C)(C)CC[C@H](C)I)NN1C. The Hall–Kier alpha value is -3.39. The van der Waals surface area contributed by atoms with Crippen LogP contribution in [0.5, 0.6) is 0 Å². The van der Waals surface area contributed by atoms with Crippen LogP contribution in [-0.4, -0.2) is 263 Å². The summed E-state index contributed by atoms with van der Waals surface area (Å²) >= 11 is 2.48. The molecule has 1 fully saturated rings. The Balaban J connectivity index is 1.70. The lowest BCUT2D eigenvalue weighted by molar-refractivity contribution is -0.140. The molecule has 1 saturated heterocycles. The van der Waals surface area contributed by atoms with Crippen LogP contribution < -0.4 is 27.2 Å². The molecule has 25 nitrogen and oxygen atoms in total. The predicted molar refractivity (Wildman–Crippen MR) is 351 cm³/mol. The van der Waals surface area contributed by atoms with E-state index in [1.807, 2.05) is 28.2 Å². The van der Waals surface area contributed by atoms with Gasteiger partial charge in [0.2, 0.25) is 11.8 Å². The van der Waals surface area contributed by atoms with E-state index in [0.717, 1.165) is 63.6 Å². The fraction of sp³-hybridized carbons (Fsp3) is 0.871. The fourth-order valence-corrected chi connectivity index (χ4v) is 10.4. The van der Waals surface area contributed by atoms with Gasteiger partial charge in [0.25, 0.3) is 0 Å². The third-order valence-corrected chi connectivity index (χ3v) is 16.1. The van der Waals surface area contributed by atoms with Gasteiger partial charge >= 0.3 is 11.9 Å². The van der Waals surface area contributed by atoms with E-state index in [4.69, 9.17) is 34.2 Å². The van der Waals surface area contributed by atoms with Gasteiger partial charge in [-0.25, -0.2) is 0 Å². The molecule has 2 heterocycles. The molecular weight excluding hydrogens is 1250 g/mol. The molecule has 88 heavy (non-hydrogen) atoms. The van der Waals surface area contributed by atoms with Gasteiger partial charge in [-0.1, -0.05) is 76.5 Å². The number of aliphatic carboxylic acids is 2. The second-order valence-corrected chi connectivity index (χ2v) is 26.0. The van der Waals surface area contributed by atoms with E-state index in [0.29, 0.717) is 212 Å². The maximum absolute atomic E-state index is 13.7. The van der Waals surface area contributed by atoms with Crippen LogP contribution in [0.1, 0.15) is 150 Å². The van der Waals surface area contributed by atoms with Gasteiger partial charge in [-0.2, -0.15) is 0 Å². The molecule has 0 bridgehead atoms. The maximum atomic E-state index is 13.7. The Labute approximate surface area is 541 Å². The summed E-state index contributed by atoms with van der Waals surface area (Å²) in [7, 11) is 1.94. The van der Waals surface area contributed by atoms with E-state index in [9.17, 15) is 39.3 Å². The zero-order valence-corrected chi connectivity index (χ0v) is 56.9. The van der Waals surface area contributed by atoms with Gasteiger partial charge in [-0.15, -0.1) is 5.53 Å². The predicted octanol–water partition coefficient (Wildman–Crippen LogP) is 4.65. The van der Waals surface area contributed by atoms with Gasteiger partial charge in [0, 0.05) is 107 Å². The molecule has 2 aliphatic heterocycles. The average Bonchev–Trinajstić information content (AvgIpc) is 3.89. The molecule has 0 radical (unpaired) electrons. The first kappa shape index (κ1) is 80.7. The van der Waals surface area contributed by atoms with Crippen molar-refractivity contribution in [2.75, 3.05) is 171 Å². The molecule has 0 aromatic carbocycles. The molecule has 0 spiro atoms. The number of hydrazine groups is 2. The monoisotopic (exact) mass is 1370 g/mol. The summed E-state index contributed by atoms with van der Waals surface area (Å²) < 4.78 is 34.6. The third kappa shape index (κ3) is 43.4. The van der Waals surface area contributed by atoms with Crippen LogP contribution in [0.3, 0.4) is 0 Å². The number of Topliss-reactive ketones (excluding diaryl/α,β-unsaturated/α-hetero) is 1. The van der Waals surface area contributed by atoms with Crippen LogP contribution in [0, 0.1) is 11.3 Å². The van der Waals surface area contributed by atoms with E-state index in [2.05, 4.69) is 83.7 Å². The fourth-order valence-electron chi connectivity index (χ4n) is 10.1. The van der Waals surface area contributed by atoms with Crippen molar-refractivity contribution in [3.63, 3.8) is 0 Å². The zero-order chi connectivity index (χ0) is 64.6. The second-order valence-electron chi connectivity index (χ2n) is 23.9. The highest BCUT2D eigenvalue weighted by atomic mass is 127. The number of amides is 2. The van der Waals surface area contributed by atoms with Crippen molar-refractivity contribution in [1.82, 2.24) is 46.2 Å². The number of hydrogen-bond acceptors (Lipinski definition) is 20. The Morgan fingerprint density at radius 2 is 1.18 bits per heavy atom. The topological polar surface area (TPSA) is 304 Å². The molecule has 0 aromatic rings. The van der Waals surface area contributed by atoms with Crippen LogP contribution in [0.25, 0.3) is 0 Å². The first-order chi connectivity index (χ1) is 42.3. The summed E-state index contributed by atoms with van der Waals surface area (Å²) in [5.41, 5.74) is 10.9.